The number of carbonyl (C=O) groups is 1. The van der Waals surface area contributed by atoms with Crippen molar-refractivity contribution in [2.24, 2.45) is 0 Å². The highest BCUT2D eigenvalue weighted by Gasteiger charge is 2.16. The van der Waals surface area contributed by atoms with Gasteiger partial charge in [0.25, 0.3) is 11.5 Å². The number of hydrazine groups is 2. The molecule has 2 aromatic heterocycles. The summed E-state index contributed by atoms with van der Waals surface area (Å²) < 4.78 is 8.01. The van der Waals surface area contributed by atoms with Crippen LogP contribution in [0.3, 0.4) is 0 Å². The van der Waals surface area contributed by atoms with Crippen LogP contribution >= 0.6 is 22.9 Å². The largest absolute Gasteiger partial charge is 0.488 e. The third-order valence-electron chi connectivity index (χ3n) is 6.50. The highest BCUT2D eigenvalue weighted by molar-refractivity contribution is 7.18. The first-order valence-electron chi connectivity index (χ1n) is 12.8. The fourth-order valence-electron chi connectivity index (χ4n) is 4.49. The Morgan fingerprint density at radius 1 is 1.05 bits per heavy atom. The SMILES string of the molecule is O=C(NCC1=CN(c2ccc(-n3cccc(OCCCN4CCCCC4)c3=O)cc2)NN1)c1ccc(Cl)s1. The van der Waals surface area contributed by atoms with Crippen LogP contribution in [-0.2, 0) is 0 Å². The molecule has 2 aliphatic heterocycles. The van der Waals surface area contributed by atoms with Gasteiger partial charge in [-0.15, -0.1) is 16.9 Å². The van der Waals surface area contributed by atoms with Crippen molar-refractivity contribution in [1.82, 2.24) is 25.7 Å². The van der Waals surface area contributed by atoms with E-state index in [1.54, 1.807) is 34.0 Å². The van der Waals surface area contributed by atoms with Crippen molar-refractivity contribution in [2.45, 2.75) is 25.7 Å². The monoisotopic (exact) mass is 554 g/mol. The van der Waals surface area contributed by atoms with E-state index in [0.717, 1.165) is 43.1 Å². The number of nitrogens with one attached hydrogen (secondary N) is 3. The summed E-state index contributed by atoms with van der Waals surface area (Å²) in [6.45, 7) is 4.19. The molecule has 3 aromatic rings. The van der Waals surface area contributed by atoms with Gasteiger partial charge in [-0.3, -0.25) is 19.2 Å². The van der Waals surface area contributed by atoms with E-state index in [-0.39, 0.29) is 11.5 Å². The summed E-state index contributed by atoms with van der Waals surface area (Å²) in [7, 11) is 0. The second kappa shape index (κ2) is 12.5. The summed E-state index contributed by atoms with van der Waals surface area (Å²) in [5.74, 6) is 0.186. The molecule has 0 aliphatic carbocycles. The molecule has 3 N–H and O–H groups in total. The Bertz CT molecular complexity index is 1330. The maximum Gasteiger partial charge on any atom is 0.297 e. The molecule has 1 saturated heterocycles. The predicted molar refractivity (Wildman–Crippen MR) is 151 cm³/mol. The lowest BCUT2D eigenvalue weighted by atomic mass is 10.1. The second-order valence-electron chi connectivity index (χ2n) is 9.22. The van der Waals surface area contributed by atoms with Crippen LogP contribution in [-0.4, -0.2) is 48.2 Å². The van der Waals surface area contributed by atoms with Gasteiger partial charge in [-0.2, -0.15) is 0 Å². The molecule has 0 radical (unpaired) electrons. The molecule has 4 heterocycles. The van der Waals surface area contributed by atoms with Crippen LogP contribution < -0.4 is 31.6 Å². The summed E-state index contributed by atoms with van der Waals surface area (Å²) in [4.78, 5) is 28.3. The van der Waals surface area contributed by atoms with E-state index < -0.39 is 0 Å². The summed E-state index contributed by atoms with van der Waals surface area (Å²) >= 11 is 7.15. The number of carbonyl (C=O) groups excluding carboxylic acids is 1. The van der Waals surface area contributed by atoms with Crippen LogP contribution in [0.5, 0.6) is 5.75 Å². The van der Waals surface area contributed by atoms with Gasteiger partial charge < -0.3 is 20.4 Å². The molecule has 0 atom stereocenters. The van der Waals surface area contributed by atoms with Crippen molar-refractivity contribution in [1.29, 1.82) is 0 Å². The average molecular weight is 555 g/mol. The fraction of sp³-hybridized carbons (Fsp3) is 0.333. The summed E-state index contributed by atoms with van der Waals surface area (Å²) in [5.41, 5.74) is 8.34. The molecular formula is C27H31ClN6O3S. The predicted octanol–water partition coefficient (Wildman–Crippen LogP) is 3.91. The molecule has 11 heteroatoms. The number of nitrogens with zero attached hydrogens (tertiary/aromatic N) is 3. The molecule has 0 unspecified atom stereocenters. The summed E-state index contributed by atoms with van der Waals surface area (Å²) in [6.07, 6.45) is 8.38. The van der Waals surface area contributed by atoms with E-state index in [1.807, 2.05) is 36.5 Å². The number of halogens is 1. The van der Waals surface area contributed by atoms with Gasteiger partial charge in [-0.1, -0.05) is 18.0 Å². The number of benzene rings is 1. The summed E-state index contributed by atoms with van der Waals surface area (Å²) in [5, 5.41) is 4.67. The van der Waals surface area contributed by atoms with Crippen molar-refractivity contribution in [3.05, 3.63) is 86.2 Å². The van der Waals surface area contributed by atoms with Crippen molar-refractivity contribution in [2.75, 3.05) is 37.8 Å². The van der Waals surface area contributed by atoms with Gasteiger partial charge in [0.2, 0.25) is 0 Å². The number of anilines is 1. The Balaban J connectivity index is 1.15. The molecule has 1 fully saturated rings. The third-order valence-corrected chi connectivity index (χ3v) is 7.73. The second-order valence-corrected chi connectivity index (χ2v) is 10.9. The molecule has 5 rings (SSSR count). The Labute approximate surface area is 230 Å². The zero-order valence-corrected chi connectivity index (χ0v) is 22.6. The Kier molecular flexibility index (Phi) is 8.65. The van der Waals surface area contributed by atoms with Crippen LogP contribution in [0.2, 0.25) is 4.34 Å². The van der Waals surface area contributed by atoms with Crippen LogP contribution in [0.15, 0.2) is 71.4 Å². The molecule has 200 valence electrons. The standard InChI is InChI=1S/C27H31ClN6O3S/c28-25-12-11-24(38-25)26(35)29-18-20-19-34(31-30-20)22-9-7-21(8-10-22)33-16-4-6-23(27(33)36)37-17-5-15-32-13-2-1-3-14-32/h4,6-12,16,19,30-31H,1-3,5,13-15,17-18H2,(H,29,35). The quantitative estimate of drug-likeness (QED) is 0.327. The Morgan fingerprint density at radius 3 is 2.61 bits per heavy atom. The summed E-state index contributed by atoms with van der Waals surface area (Å²) in [6, 6.07) is 14.5. The van der Waals surface area contributed by atoms with Gasteiger partial charge in [-0.05, 0) is 80.9 Å². The van der Waals surface area contributed by atoms with E-state index in [2.05, 4.69) is 21.2 Å². The third kappa shape index (κ3) is 6.57. The average Bonchev–Trinajstić information content (AvgIpc) is 3.61. The molecule has 0 saturated carbocycles. The molecular weight excluding hydrogens is 524 g/mol. The van der Waals surface area contributed by atoms with Crippen molar-refractivity contribution >= 4 is 34.5 Å². The first kappa shape index (κ1) is 26.3. The maximum absolute atomic E-state index is 13.0. The first-order chi connectivity index (χ1) is 18.6. The first-order valence-corrected chi connectivity index (χ1v) is 14.0. The Morgan fingerprint density at radius 2 is 1.84 bits per heavy atom. The number of hydrogen-bond donors (Lipinski definition) is 3. The van der Waals surface area contributed by atoms with Gasteiger partial charge >= 0.3 is 0 Å². The number of piperidine rings is 1. The number of amides is 1. The highest BCUT2D eigenvalue weighted by atomic mass is 35.5. The maximum atomic E-state index is 13.0. The molecule has 1 amide bonds. The Hall–Kier alpha value is -3.31. The minimum absolute atomic E-state index is 0.175. The number of rotatable bonds is 10. The van der Waals surface area contributed by atoms with Gasteiger partial charge in [0.15, 0.2) is 5.75 Å². The lowest BCUT2D eigenvalue weighted by Gasteiger charge is -2.26. The molecule has 0 spiro atoms. The normalized spacial score (nSPS) is 15.7. The number of likely N-dealkylation sites (tertiary alicyclic amines) is 1. The fourth-order valence-corrected chi connectivity index (χ4v) is 5.45. The topological polar surface area (TPSA) is 90.9 Å². The van der Waals surface area contributed by atoms with E-state index in [1.165, 1.54) is 30.6 Å². The van der Waals surface area contributed by atoms with E-state index in [4.69, 9.17) is 16.3 Å². The molecule has 2 aliphatic rings. The molecule has 1 aromatic carbocycles. The van der Waals surface area contributed by atoms with Crippen molar-refractivity contribution < 1.29 is 9.53 Å². The minimum atomic E-state index is -0.177. The minimum Gasteiger partial charge on any atom is -0.488 e. The zero-order chi connectivity index (χ0) is 26.3. The van der Waals surface area contributed by atoms with Gasteiger partial charge in [0.05, 0.1) is 33.7 Å². The van der Waals surface area contributed by atoms with Crippen LogP contribution in [0, 0.1) is 0 Å². The van der Waals surface area contributed by atoms with E-state index >= 15 is 0 Å². The number of pyridine rings is 1. The van der Waals surface area contributed by atoms with E-state index in [9.17, 15) is 9.59 Å². The lowest BCUT2D eigenvalue weighted by Crippen LogP contribution is -2.38. The van der Waals surface area contributed by atoms with Gasteiger partial charge in [-0.25, -0.2) is 0 Å². The van der Waals surface area contributed by atoms with Crippen molar-refractivity contribution in [3.8, 4) is 11.4 Å². The molecule has 9 nitrogen and oxygen atoms in total. The van der Waals surface area contributed by atoms with Crippen LogP contribution in [0.25, 0.3) is 5.69 Å². The van der Waals surface area contributed by atoms with Crippen LogP contribution in [0.1, 0.15) is 35.4 Å². The molecule has 38 heavy (non-hydrogen) atoms. The highest BCUT2D eigenvalue weighted by Crippen LogP contribution is 2.22. The zero-order valence-electron chi connectivity index (χ0n) is 21.0. The van der Waals surface area contributed by atoms with Gasteiger partial charge in [0, 0.05) is 24.6 Å². The van der Waals surface area contributed by atoms with Crippen LogP contribution in [0.4, 0.5) is 5.69 Å². The lowest BCUT2D eigenvalue weighted by molar-refractivity contribution is 0.0960. The smallest absolute Gasteiger partial charge is 0.297 e. The number of hydrogen-bond acceptors (Lipinski definition) is 8. The number of aromatic nitrogens is 1. The van der Waals surface area contributed by atoms with Crippen molar-refractivity contribution in [3.63, 3.8) is 0 Å². The molecule has 0 bridgehead atoms. The van der Waals surface area contributed by atoms with E-state index in [0.29, 0.717) is 28.1 Å². The van der Waals surface area contributed by atoms with Gasteiger partial charge in [0.1, 0.15) is 0 Å². The number of ether oxygens (including phenoxy) is 1. The number of thiophene rings is 1.